The molecular weight excluding hydrogens is 318 g/mol. The van der Waals surface area contributed by atoms with Gasteiger partial charge in [0.1, 0.15) is 12.4 Å². The summed E-state index contributed by atoms with van der Waals surface area (Å²) >= 11 is 0. The predicted octanol–water partition coefficient (Wildman–Crippen LogP) is 2.93. The van der Waals surface area contributed by atoms with E-state index in [0.29, 0.717) is 12.4 Å². The highest BCUT2D eigenvalue weighted by molar-refractivity contribution is 5.77. The number of benzene rings is 1. The normalized spacial score (nSPS) is 17.4. The van der Waals surface area contributed by atoms with Gasteiger partial charge in [0.05, 0.1) is 11.9 Å². The number of rotatable bonds is 5. The molecule has 25 heavy (non-hydrogen) atoms. The van der Waals surface area contributed by atoms with Gasteiger partial charge in [-0.2, -0.15) is 0 Å². The molecular formula is C19H23N3O3. The lowest BCUT2D eigenvalue weighted by molar-refractivity contribution is -0.136. The summed E-state index contributed by atoms with van der Waals surface area (Å²) in [5.41, 5.74) is 1.99. The van der Waals surface area contributed by atoms with Crippen molar-refractivity contribution in [3.63, 3.8) is 0 Å². The van der Waals surface area contributed by atoms with E-state index in [9.17, 15) is 4.79 Å². The van der Waals surface area contributed by atoms with E-state index >= 15 is 0 Å². The fourth-order valence-corrected chi connectivity index (χ4v) is 3.07. The van der Waals surface area contributed by atoms with E-state index in [1.165, 1.54) is 7.11 Å². The third kappa shape index (κ3) is 4.54. The SMILES string of the molecule is COCC(=O)N1CCC[C@H](c2cncc(Oc3cccc(C)c3)n2)C1. The molecule has 2 aromatic rings. The number of nitrogens with zero attached hydrogens (tertiary/aromatic N) is 3. The highest BCUT2D eigenvalue weighted by Crippen LogP contribution is 2.27. The monoisotopic (exact) mass is 341 g/mol. The average Bonchev–Trinajstić information content (AvgIpc) is 2.62. The Morgan fingerprint density at radius 1 is 1.36 bits per heavy atom. The van der Waals surface area contributed by atoms with Crippen molar-refractivity contribution in [3.05, 3.63) is 47.9 Å². The van der Waals surface area contributed by atoms with Crippen molar-refractivity contribution in [2.24, 2.45) is 0 Å². The first-order valence-electron chi connectivity index (χ1n) is 8.49. The van der Waals surface area contributed by atoms with Crippen LogP contribution in [0.1, 0.15) is 30.0 Å². The Morgan fingerprint density at radius 2 is 2.24 bits per heavy atom. The number of likely N-dealkylation sites (tertiary alicyclic amines) is 1. The number of ether oxygens (including phenoxy) is 2. The van der Waals surface area contributed by atoms with E-state index in [4.69, 9.17) is 9.47 Å². The molecule has 0 unspecified atom stereocenters. The fourth-order valence-electron chi connectivity index (χ4n) is 3.07. The van der Waals surface area contributed by atoms with Crippen molar-refractivity contribution in [1.29, 1.82) is 0 Å². The molecule has 1 aliphatic heterocycles. The summed E-state index contributed by atoms with van der Waals surface area (Å²) in [5, 5.41) is 0. The second-order valence-corrected chi connectivity index (χ2v) is 6.31. The van der Waals surface area contributed by atoms with Crippen LogP contribution in [0.3, 0.4) is 0 Å². The van der Waals surface area contributed by atoms with Gasteiger partial charge in [0.25, 0.3) is 0 Å². The summed E-state index contributed by atoms with van der Waals surface area (Å²) in [7, 11) is 1.54. The first kappa shape index (κ1) is 17.4. The molecule has 0 N–H and O–H groups in total. The van der Waals surface area contributed by atoms with E-state index in [-0.39, 0.29) is 18.4 Å². The van der Waals surface area contributed by atoms with E-state index in [1.54, 1.807) is 12.4 Å². The van der Waals surface area contributed by atoms with E-state index in [0.717, 1.165) is 36.4 Å². The molecule has 0 radical (unpaired) electrons. The van der Waals surface area contributed by atoms with Crippen LogP contribution in [0.15, 0.2) is 36.7 Å². The highest BCUT2D eigenvalue weighted by atomic mass is 16.5. The molecule has 1 aromatic carbocycles. The lowest BCUT2D eigenvalue weighted by atomic mass is 9.95. The largest absolute Gasteiger partial charge is 0.437 e. The van der Waals surface area contributed by atoms with Crippen molar-refractivity contribution in [1.82, 2.24) is 14.9 Å². The van der Waals surface area contributed by atoms with Crippen molar-refractivity contribution in [3.8, 4) is 11.6 Å². The molecule has 0 saturated carbocycles. The molecule has 1 atom stereocenters. The quantitative estimate of drug-likeness (QED) is 0.837. The molecule has 1 amide bonds. The minimum atomic E-state index is 0.0207. The second kappa shape index (κ2) is 8.07. The third-order valence-corrected chi connectivity index (χ3v) is 4.30. The van der Waals surface area contributed by atoms with Crippen LogP contribution < -0.4 is 4.74 Å². The standard InChI is InChI=1S/C19H23N3O3/c1-14-5-3-7-16(9-14)25-18-11-20-10-17(21-18)15-6-4-8-22(12-15)19(23)13-24-2/h3,5,7,9-11,15H,4,6,8,12-13H2,1-2H3/t15-/m0/s1. The smallest absolute Gasteiger partial charge is 0.248 e. The Kier molecular flexibility index (Phi) is 5.60. The molecule has 1 fully saturated rings. The maximum atomic E-state index is 12.1. The average molecular weight is 341 g/mol. The molecule has 2 heterocycles. The van der Waals surface area contributed by atoms with Gasteiger partial charge in [0.15, 0.2) is 0 Å². The maximum Gasteiger partial charge on any atom is 0.248 e. The van der Waals surface area contributed by atoms with Crippen molar-refractivity contribution < 1.29 is 14.3 Å². The zero-order chi connectivity index (χ0) is 17.6. The number of methoxy groups -OCH3 is 1. The Balaban J connectivity index is 1.71. The van der Waals surface area contributed by atoms with Gasteiger partial charge in [-0.3, -0.25) is 9.78 Å². The molecule has 1 aliphatic rings. The van der Waals surface area contributed by atoms with Gasteiger partial charge in [-0.25, -0.2) is 4.98 Å². The number of hydrogen-bond acceptors (Lipinski definition) is 5. The summed E-state index contributed by atoms with van der Waals surface area (Å²) in [6.45, 7) is 3.55. The zero-order valence-corrected chi connectivity index (χ0v) is 14.6. The van der Waals surface area contributed by atoms with Crippen LogP contribution in [0.25, 0.3) is 0 Å². The Hall–Kier alpha value is -2.47. The van der Waals surface area contributed by atoms with Gasteiger partial charge in [-0.05, 0) is 37.5 Å². The summed E-state index contributed by atoms with van der Waals surface area (Å²) in [4.78, 5) is 22.8. The van der Waals surface area contributed by atoms with Crippen LogP contribution in [-0.2, 0) is 9.53 Å². The van der Waals surface area contributed by atoms with E-state index in [1.807, 2.05) is 36.1 Å². The number of carbonyl (C=O) groups is 1. The van der Waals surface area contributed by atoms with Gasteiger partial charge in [-0.15, -0.1) is 0 Å². The van der Waals surface area contributed by atoms with Crippen LogP contribution >= 0.6 is 0 Å². The van der Waals surface area contributed by atoms with Crippen molar-refractivity contribution in [2.75, 3.05) is 26.8 Å². The molecule has 3 rings (SSSR count). The molecule has 6 nitrogen and oxygen atoms in total. The Bertz CT molecular complexity index is 735. The first-order chi connectivity index (χ1) is 12.2. The summed E-state index contributed by atoms with van der Waals surface area (Å²) in [6, 6.07) is 7.82. The number of carbonyl (C=O) groups excluding carboxylic acids is 1. The van der Waals surface area contributed by atoms with Gasteiger partial charge >= 0.3 is 0 Å². The number of amides is 1. The van der Waals surface area contributed by atoms with E-state index in [2.05, 4.69) is 9.97 Å². The van der Waals surface area contributed by atoms with Crippen LogP contribution in [-0.4, -0.2) is 47.6 Å². The highest BCUT2D eigenvalue weighted by Gasteiger charge is 2.26. The number of aromatic nitrogens is 2. The Labute approximate surface area is 147 Å². The topological polar surface area (TPSA) is 64.5 Å². The molecule has 1 aromatic heterocycles. The van der Waals surface area contributed by atoms with Gasteiger partial charge < -0.3 is 14.4 Å². The van der Waals surface area contributed by atoms with Gasteiger partial charge in [0, 0.05) is 32.3 Å². The Morgan fingerprint density at radius 3 is 3.04 bits per heavy atom. The fraction of sp³-hybridized carbons (Fsp3) is 0.421. The molecule has 0 aliphatic carbocycles. The van der Waals surface area contributed by atoms with Crippen LogP contribution in [0.4, 0.5) is 0 Å². The predicted molar refractivity (Wildman–Crippen MR) is 93.7 cm³/mol. The second-order valence-electron chi connectivity index (χ2n) is 6.31. The van der Waals surface area contributed by atoms with Gasteiger partial charge in [0.2, 0.25) is 11.8 Å². The summed E-state index contributed by atoms with van der Waals surface area (Å²) < 4.78 is 10.8. The number of hydrogen-bond donors (Lipinski definition) is 0. The van der Waals surface area contributed by atoms with Gasteiger partial charge in [-0.1, -0.05) is 12.1 Å². The summed E-state index contributed by atoms with van der Waals surface area (Å²) in [6.07, 6.45) is 5.31. The van der Waals surface area contributed by atoms with Crippen LogP contribution in [0, 0.1) is 6.92 Å². The molecule has 0 bridgehead atoms. The minimum absolute atomic E-state index is 0.0207. The van der Waals surface area contributed by atoms with Crippen molar-refractivity contribution >= 4 is 5.91 Å². The minimum Gasteiger partial charge on any atom is -0.437 e. The maximum absolute atomic E-state index is 12.1. The number of piperidine rings is 1. The third-order valence-electron chi connectivity index (χ3n) is 4.30. The van der Waals surface area contributed by atoms with Crippen molar-refractivity contribution in [2.45, 2.75) is 25.7 Å². The first-order valence-corrected chi connectivity index (χ1v) is 8.49. The molecule has 1 saturated heterocycles. The lowest BCUT2D eigenvalue weighted by Gasteiger charge is -2.32. The summed E-state index contributed by atoms with van der Waals surface area (Å²) in [5.74, 6) is 1.41. The molecule has 0 spiro atoms. The molecule has 6 heteroatoms. The molecule has 132 valence electrons. The zero-order valence-electron chi connectivity index (χ0n) is 14.6. The number of aryl methyl sites for hydroxylation is 1. The van der Waals surface area contributed by atoms with Crippen LogP contribution in [0.5, 0.6) is 11.6 Å². The van der Waals surface area contributed by atoms with Crippen LogP contribution in [0.2, 0.25) is 0 Å². The van der Waals surface area contributed by atoms with E-state index < -0.39 is 0 Å². The lowest BCUT2D eigenvalue weighted by Crippen LogP contribution is -2.41.